The highest BCUT2D eigenvalue weighted by molar-refractivity contribution is 6.30. The van der Waals surface area contributed by atoms with Crippen molar-refractivity contribution in [3.05, 3.63) is 35.9 Å². The maximum atomic E-state index is 12.8. The number of rotatable bonds is 11. The lowest BCUT2D eigenvalue weighted by atomic mass is 10.0. The molecule has 0 aliphatic carbocycles. The lowest BCUT2D eigenvalue weighted by Gasteiger charge is -2.28. The molecule has 0 bridgehead atoms. The first kappa shape index (κ1) is 26.2. The van der Waals surface area contributed by atoms with Crippen LogP contribution in [0.3, 0.4) is 0 Å². The standard InChI is InChI=1S/C21H31ClN4O5/c1-4-16(22)20(29)26(11-10-18(23)27)25-19(28)17(12-14(2)3)24-21(30)31-13-15-8-6-5-7-9-15/h5-9,14,16-17H,4,10-13H2,1-3H3,(H2,23,27)(H,24,30)(H,25,28). The third-order valence-corrected chi connectivity index (χ3v) is 4.74. The van der Waals surface area contributed by atoms with Crippen LogP contribution in [0.25, 0.3) is 0 Å². The van der Waals surface area contributed by atoms with Crippen LogP contribution >= 0.6 is 11.6 Å². The van der Waals surface area contributed by atoms with Gasteiger partial charge in [-0.1, -0.05) is 51.1 Å². The number of ether oxygens (including phenoxy) is 1. The number of hydrogen-bond acceptors (Lipinski definition) is 5. The van der Waals surface area contributed by atoms with E-state index < -0.39 is 35.2 Å². The van der Waals surface area contributed by atoms with Crippen molar-refractivity contribution in [1.82, 2.24) is 15.8 Å². The smallest absolute Gasteiger partial charge is 0.408 e. The molecule has 0 fully saturated rings. The highest BCUT2D eigenvalue weighted by Gasteiger charge is 2.28. The third-order valence-electron chi connectivity index (χ3n) is 4.25. The predicted octanol–water partition coefficient (Wildman–Crippen LogP) is 2.08. The Kier molecular flexibility index (Phi) is 11.4. The van der Waals surface area contributed by atoms with E-state index in [2.05, 4.69) is 10.7 Å². The van der Waals surface area contributed by atoms with E-state index in [4.69, 9.17) is 22.1 Å². The number of hydrogen-bond donors (Lipinski definition) is 3. The van der Waals surface area contributed by atoms with Gasteiger partial charge in [0, 0.05) is 6.42 Å². The minimum absolute atomic E-state index is 0.0519. The Bertz CT molecular complexity index is 745. The Labute approximate surface area is 187 Å². The SMILES string of the molecule is CCC(Cl)C(=O)N(CCC(N)=O)NC(=O)C(CC(C)C)NC(=O)OCc1ccccc1. The summed E-state index contributed by atoms with van der Waals surface area (Å²) in [6, 6.07) is 8.16. The summed E-state index contributed by atoms with van der Waals surface area (Å²) in [7, 11) is 0. The molecule has 0 saturated heterocycles. The van der Waals surface area contributed by atoms with Gasteiger partial charge in [0.2, 0.25) is 5.91 Å². The van der Waals surface area contributed by atoms with Gasteiger partial charge in [-0.05, 0) is 24.3 Å². The summed E-state index contributed by atoms with van der Waals surface area (Å²) >= 11 is 6.01. The molecule has 2 unspecified atom stereocenters. The minimum Gasteiger partial charge on any atom is -0.445 e. The van der Waals surface area contributed by atoms with Crippen molar-refractivity contribution in [3.63, 3.8) is 0 Å². The molecule has 0 aliphatic rings. The van der Waals surface area contributed by atoms with E-state index in [0.29, 0.717) is 12.8 Å². The molecule has 172 valence electrons. The number of carbonyl (C=O) groups is 4. The summed E-state index contributed by atoms with van der Waals surface area (Å²) in [6.07, 6.45) is -0.269. The lowest BCUT2D eigenvalue weighted by molar-refractivity contribution is -0.142. The Hall–Kier alpha value is -2.81. The predicted molar refractivity (Wildman–Crippen MR) is 117 cm³/mol. The number of halogens is 1. The lowest BCUT2D eigenvalue weighted by Crippen LogP contribution is -2.56. The van der Waals surface area contributed by atoms with Gasteiger partial charge in [-0.25, -0.2) is 4.79 Å². The molecule has 1 rings (SSSR count). The van der Waals surface area contributed by atoms with Crippen LogP contribution in [-0.2, 0) is 25.7 Å². The third kappa shape index (κ3) is 10.2. The minimum atomic E-state index is -0.956. The summed E-state index contributed by atoms with van der Waals surface area (Å²) < 4.78 is 5.18. The largest absolute Gasteiger partial charge is 0.445 e. The summed E-state index contributed by atoms with van der Waals surface area (Å²) in [5.41, 5.74) is 8.42. The van der Waals surface area contributed by atoms with Crippen LogP contribution in [0.1, 0.15) is 45.6 Å². The Morgan fingerprint density at radius 2 is 1.81 bits per heavy atom. The average Bonchev–Trinajstić information content (AvgIpc) is 2.73. The van der Waals surface area contributed by atoms with Gasteiger partial charge in [-0.15, -0.1) is 11.6 Å². The summed E-state index contributed by atoms with van der Waals surface area (Å²) in [4.78, 5) is 48.6. The quantitative estimate of drug-likeness (QED) is 0.348. The number of amides is 4. The number of alkyl carbamates (subject to hydrolysis) is 1. The first-order valence-corrected chi connectivity index (χ1v) is 10.6. The van der Waals surface area contributed by atoms with E-state index in [9.17, 15) is 19.2 Å². The van der Waals surface area contributed by atoms with E-state index in [-0.39, 0.29) is 25.5 Å². The molecular weight excluding hydrogens is 424 g/mol. The first-order valence-electron chi connectivity index (χ1n) is 10.1. The summed E-state index contributed by atoms with van der Waals surface area (Å²) in [5.74, 6) is -1.75. The molecule has 0 aromatic heterocycles. The number of hydrazine groups is 1. The number of carbonyl (C=O) groups excluding carboxylic acids is 4. The number of alkyl halides is 1. The first-order chi connectivity index (χ1) is 14.6. The molecule has 4 amide bonds. The molecule has 4 N–H and O–H groups in total. The summed E-state index contributed by atoms with van der Waals surface area (Å²) in [6.45, 7) is 5.42. The van der Waals surface area contributed by atoms with E-state index in [1.54, 1.807) is 6.92 Å². The van der Waals surface area contributed by atoms with Crippen molar-refractivity contribution in [2.75, 3.05) is 6.54 Å². The van der Waals surface area contributed by atoms with Crippen LogP contribution in [-0.4, -0.2) is 46.8 Å². The molecule has 0 spiro atoms. The van der Waals surface area contributed by atoms with Crippen LogP contribution in [0.4, 0.5) is 4.79 Å². The van der Waals surface area contributed by atoms with Gasteiger partial charge in [-0.2, -0.15) is 0 Å². The van der Waals surface area contributed by atoms with Crippen molar-refractivity contribution < 1.29 is 23.9 Å². The second-order valence-corrected chi connectivity index (χ2v) is 7.97. The van der Waals surface area contributed by atoms with Crippen molar-refractivity contribution in [2.24, 2.45) is 11.7 Å². The maximum Gasteiger partial charge on any atom is 0.408 e. The number of nitrogens with zero attached hydrogens (tertiary/aromatic N) is 1. The fraction of sp³-hybridized carbons (Fsp3) is 0.524. The molecule has 0 aliphatic heterocycles. The second kappa shape index (κ2) is 13.5. The van der Waals surface area contributed by atoms with E-state index >= 15 is 0 Å². The van der Waals surface area contributed by atoms with Crippen molar-refractivity contribution >= 4 is 35.4 Å². The highest BCUT2D eigenvalue weighted by atomic mass is 35.5. The maximum absolute atomic E-state index is 12.8. The zero-order chi connectivity index (χ0) is 23.4. The molecule has 2 atom stereocenters. The van der Waals surface area contributed by atoms with Gasteiger partial charge < -0.3 is 15.8 Å². The molecule has 1 aromatic carbocycles. The Morgan fingerprint density at radius 3 is 2.35 bits per heavy atom. The van der Waals surface area contributed by atoms with Crippen LogP contribution in [0.2, 0.25) is 0 Å². The van der Waals surface area contributed by atoms with E-state index in [1.165, 1.54) is 0 Å². The van der Waals surface area contributed by atoms with Gasteiger partial charge in [0.1, 0.15) is 18.0 Å². The van der Waals surface area contributed by atoms with Crippen molar-refractivity contribution in [2.45, 2.75) is 58.1 Å². The second-order valence-electron chi connectivity index (χ2n) is 7.45. The fourth-order valence-corrected chi connectivity index (χ4v) is 2.73. The Balaban J connectivity index is 2.81. The van der Waals surface area contributed by atoms with Crippen LogP contribution in [0, 0.1) is 5.92 Å². The van der Waals surface area contributed by atoms with Gasteiger partial charge in [0.25, 0.3) is 11.8 Å². The molecule has 0 radical (unpaired) electrons. The molecule has 31 heavy (non-hydrogen) atoms. The molecular formula is C21H31ClN4O5. The van der Waals surface area contributed by atoms with Crippen LogP contribution in [0.5, 0.6) is 0 Å². The number of nitrogens with two attached hydrogens (primary N) is 1. The zero-order valence-electron chi connectivity index (χ0n) is 18.1. The number of nitrogens with one attached hydrogen (secondary N) is 2. The number of benzene rings is 1. The van der Waals surface area contributed by atoms with Gasteiger partial charge in [0.05, 0.1) is 6.54 Å². The fourth-order valence-electron chi connectivity index (χ4n) is 2.61. The van der Waals surface area contributed by atoms with Crippen molar-refractivity contribution in [1.29, 1.82) is 0 Å². The zero-order valence-corrected chi connectivity index (χ0v) is 18.9. The molecule has 0 heterocycles. The van der Waals surface area contributed by atoms with Crippen LogP contribution in [0.15, 0.2) is 30.3 Å². The molecule has 0 saturated carbocycles. The number of primary amides is 1. The van der Waals surface area contributed by atoms with E-state index in [1.807, 2.05) is 44.2 Å². The highest BCUT2D eigenvalue weighted by Crippen LogP contribution is 2.09. The van der Waals surface area contributed by atoms with Gasteiger partial charge in [-0.3, -0.25) is 24.8 Å². The van der Waals surface area contributed by atoms with Gasteiger partial charge in [0.15, 0.2) is 0 Å². The molecule has 1 aromatic rings. The van der Waals surface area contributed by atoms with Crippen LogP contribution < -0.4 is 16.5 Å². The molecule has 9 nitrogen and oxygen atoms in total. The Morgan fingerprint density at radius 1 is 1.16 bits per heavy atom. The van der Waals surface area contributed by atoms with E-state index in [0.717, 1.165) is 10.6 Å². The monoisotopic (exact) mass is 454 g/mol. The topological polar surface area (TPSA) is 131 Å². The molecule has 10 heteroatoms. The normalized spacial score (nSPS) is 12.5. The van der Waals surface area contributed by atoms with Crippen molar-refractivity contribution in [3.8, 4) is 0 Å². The average molecular weight is 455 g/mol. The summed E-state index contributed by atoms with van der Waals surface area (Å²) in [5, 5.41) is 2.63. The van der Waals surface area contributed by atoms with Gasteiger partial charge >= 0.3 is 6.09 Å².